The standard InChI is InChI=1S/C26H31NO7/c1-4-15-31-26-21(27-18(2)28)22(32-16-19-11-7-5-8-12-19)23(24(34-26)25(29)30-3)33-17-20-13-9-6-10-14-20/h4-14,21-24,26H,1,15-17H2,2-3H3,(H,27,28)/t21-,22-,23-,24-,26-/m1/s1. The summed E-state index contributed by atoms with van der Waals surface area (Å²) in [6.07, 6.45) is -2.21. The zero-order valence-corrected chi connectivity index (χ0v) is 19.4. The van der Waals surface area contributed by atoms with E-state index in [0.717, 1.165) is 11.1 Å². The van der Waals surface area contributed by atoms with Crippen molar-refractivity contribution in [2.75, 3.05) is 13.7 Å². The number of rotatable bonds is 11. The second kappa shape index (κ2) is 13.0. The molecule has 1 saturated heterocycles. The van der Waals surface area contributed by atoms with Crippen molar-refractivity contribution >= 4 is 11.9 Å². The molecule has 0 unspecified atom stereocenters. The fraction of sp³-hybridized carbons (Fsp3) is 0.385. The monoisotopic (exact) mass is 469 g/mol. The highest BCUT2D eigenvalue weighted by molar-refractivity contribution is 5.76. The number of benzene rings is 2. The molecular formula is C26H31NO7. The maximum atomic E-state index is 12.7. The molecule has 8 nitrogen and oxygen atoms in total. The molecule has 0 radical (unpaired) electrons. The van der Waals surface area contributed by atoms with E-state index in [0.29, 0.717) is 0 Å². The minimum absolute atomic E-state index is 0.148. The smallest absolute Gasteiger partial charge is 0.337 e. The summed E-state index contributed by atoms with van der Waals surface area (Å²) < 4.78 is 29.2. The van der Waals surface area contributed by atoms with Crippen molar-refractivity contribution < 1.29 is 33.3 Å². The lowest BCUT2D eigenvalue weighted by molar-refractivity contribution is -0.279. The molecule has 0 aliphatic carbocycles. The van der Waals surface area contributed by atoms with Gasteiger partial charge in [0.25, 0.3) is 0 Å². The third-order valence-corrected chi connectivity index (χ3v) is 5.30. The normalized spacial score (nSPS) is 24.2. The first kappa shape index (κ1) is 25.6. The first-order valence-corrected chi connectivity index (χ1v) is 11.1. The highest BCUT2D eigenvalue weighted by Gasteiger charge is 2.51. The zero-order valence-electron chi connectivity index (χ0n) is 19.4. The van der Waals surface area contributed by atoms with Crippen LogP contribution < -0.4 is 5.32 Å². The van der Waals surface area contributed by atoms with Gasteiger partial charge in [0, 0.05) is 6.92 Å². The summed E-state index contributed by atoms with van der Waals surface area (Å²) in [4.78, 5) is 24.8. The van der Waals surface area contributed by atoms with Gasteiger partial charge in [-0.25, -0.2) is 4.79 Å². The first-order valence-electron chi connectivity index (χ1n) is 11.1. The molecule has 0 spiro atoms. The van der Waals surface area contributed by atoms with Gasteiger partial charge in [0.1, 0.15) is 18.2 Å². The predicted octanol–water partition coefficient (Wildman–Crippen LogP) is 2.76. The summed E-state index contributed by atoms with van der Waals surface area (Å²) in [7, 11) is 1.28. The molecule has 1 heterocycles. The Balaban J connectivity index is 1.93. The van der Waals surface area contributed by atoms with Gasteiger partial charge in [0.2, 0.25) is 5.91 Å². The van der Waals surface area contributed by atoms with Gasteiger partial charge in [-0.05, 0) is 11.1 Å². The molecule has 1 N–H and O–H groups in total. The van der Waals surface area contributed by atoms with Crippen molar-refractivity contribution in [3.63, 3.8) is 0 Å². The lowest BCUT2D eigenvalue weighted by Crippen LogP contribution is -2.66. The highest BCUT2D eigenvalue weighted by atomic mass is 16.7. The molecule has 1 fully saturated rings. The van der Waals surface area contributed by atoms with E-state index in [-0.39, 0.29) is 25.7 Å². The van der Waals surface area contributed by atoms with E-state index in [2.05, 4.69) is 11.9 Å². The number of nitrogens with one attached hydrogen (secondary N) is 1. The summed E-state index contributed by atoms with van der Waals surface area (Å²) in [6, 6.07) is 18.4. The molecule has 0 saturated carbocycles. The Labute approximate surface area is 199 Å². The van der Waals surface area contributed by atoms with Crippen LogP contribution in [0.4, 0.5) is 0 Å². The topological polar surface area (TPSA) is 92.3 Å². The van der Waals surface area contributed by atoms with E-state index in [1.807, 2.05) is 60.7 Å². The lowest BCUT2D eigenvalue weighted by atomic mass is 9.95. The molecule has 0 bridgehead atoms. The molecule has 8 heteroatoms. The van der Waals surface area contributed by atoms with E-state index < -0.39 is 36.6 Å². The number of ether oxygens (including phenoxy) is 5. The fourth-order valence-corrected chi connectivity index (χ4v) is 3.75. The van der Waals surface area contributed by atoms with Crippen molar-refractivity contribution in [1.82, 2.24) is 5.32 Å². The van der Waals surface area contributed by atoms with Crippen LogP contribution in [0.25, 0.3) is 0 Å². The molecule has 182 valence electrons. The largest absolute Gasteiger partial charge is 0.467 e. The SMILES string of the molecule is C=CCO[C@@H]1O[C@@H](C(=O)OC)[C@H](OCc2ccccc2)[C@H](OCc2ccccc2)[C@H]1NC(C)=O. The van der Waals surface area contributed by atoms with Crippen molar-refractivity contribution in [2.45, 2.75) is 50.8 Å². The van der Waals surface area contributed by atoms with Gasteiger partial charge >= 0.3 is 5.97 Å². The van der Waals surface area contributed by atoms with Gasteiger partial charge in [-0.2, -0.15) is 0 Å². The molecule has 34 heavy (non-hydrogen) atoms. The predicted molar refractivity (Wildman–Crippen MR) is 124 cm³/mol. The molecule has 1 amide bonds. The Morgan fingerprint density at radius 2 is 1.50 bits per heavy atom. The summed E-state index contributed by atoms with van der Waals surface area (Å²) >= 11 is 0. The minimum atomic E-state index is -1.13. The average molecular weight is 470 g/mol. The van der Waals surface area contributed by atoms with E-state index >= 15 is 0 Å². The number of methoxy groups -OCH3 is 1. The summed E-state index contributed by atoms with van der Waals surface area (Å²) in [6.45, 7) is 5.64. The van der Waals surface area contributed by atoms with Crippen LogP contribution >= 0.6 is 0 Å². The number of carbonyl (C=O) groups is 2. The fourth-order valence-electron chi connectivity index (χ4n) is 3.75. The summed E-state index contributed by atoms with van der Waals surface area (Å²) in [5.74, 6) is -0.924. The first-order chi connectivity index (χ1) is 16.5. The van der Waals surface area contributed by atoms with Gasteiger partial charge in [0.05, 0.1) is 26.9 Å². The number of hydrogen-bond donors (Lipinski definition) is 1. The van der Waals surface area contributed by atoms with Crippen LogP contribution in [0, 0.1) is 0 Å². The van der Waals surface area contributed by atoms with Crippen LogP contribution in [0.15, 0.2) is 73.3 Å². The van der Waals surface area contributed by atoms with E-state index in [1.54, 1.807) is 6.08 Å². The van der Waals surface area contributed by atoms with E-state index in [1.165, 1.54) is 14.0 Å². The highest BCUT2D eigenvalue weighted by Crippen LogP contribution is 2.29. The Hall–Kier alpha value is -3.04. The van der Waals surface area contributed by atoms with Crippen LogP contribution in [0.1, 0.15) is 18.1 Å². The maximum absolute atomic E-state index is 12.7. The van der Waals surface area contributed by atoms with E-state index in [9.17, 15) is 9.59 Å². The zero-order chi connectivity index (χ0) is 24.3. The van der Waals surface area contributed by atoms with Crippen LogP contribution in [0.3, 0.4) is 0 Å². The van der Waals surface area contributed by atoms with Crippen LogP contribution in [-0.2, 0) is 46.5 Å². The van der Waals surface area contributed by atoms with Gasteiger partial charge in [-0.1, -0.05) is 66.7 Å². The average Bonchev–Trinajstić information content (AvgIpc) is 2.86. The van der Waals surface area contributed by atoms with Crippen molar-refractivity contribution in [1.29, 1.82) is 0 Å². The Morgan fingerprint density at radius 1 is 0.941 bits per heavy atom. The summed E-state index contributed by atoms with van der Waals surface area (Å²) in [5.41, 5.74) is 1.84. The molecule has 1 aliphatic heterocycles. The minimum Gasteiger partial charge on any atom is -0.467 e. The molecular weight excluding hydrogens is 438 g/mol. The van der Waals surface area contributed by atoms with Crippen molar-refractivity contribution in [3.05, 3.63) is 84.4 Å². The lowest BCUT2D eigenvalue weighted by Gasteiger charge is -2.45. The van der Waals surface area contributed by atoms with Crippen LogP contribution in [0.5, 0.6) is 0 Å². The molecule has 5 atom stereocenters. The Morgan fingerprint density at radius 3 is 2.00 bits per heavy atom. The quantitative estimate of drug-likeness (QED) is 0.400. The number of amides is 1. The maximum Gasteiger partial charge on any atom is 0.337 e. The van der Waals surface area contributed by atoms with E-state index in [4.69, 9.17) is 23.7 Å². The molecule has 2 aromatic rings. The Bertz CT molecular complexity index is 921. The van der Waals surface area contributed by atoms with Crippen molar-refractivity contribution in [3.8, 4) is 0 Å². The third-order valence-electron chi connectivity index (χ3n) is 5.30. The molecule has 0 aromatic heterocycles. The molecule has 1 aliphatic rings. The number of hydrogen-bond acceptors (Lipinski definition) is 7. The number of carbonyl (C=O) groups excluding carboxylic acids is 2. The second-order valence-corrected chi connectivity index (χ2v) is 7.82. The second-order valence-electron chi connectivity index (χ2n) is 7.82. The van der Waals surface area contributed by atoms with Crippen LogP contribution in [0.2, 0.25) is 0 Å². The van der Waals surface area contributed by atoms with Crippen molar-refractivity contribution in [2.24, 2.45) is 0 Å². The van der Waals surface area contributed by atoms with Gasteiger partial charge in [-0.15, -0.1) is 6.58 Å². The van der Waals surface area contributed by atoms with Crippen LogP contribution in [-0.4, -0.2) is 56.2 Å². The van der Waals surface area contributed by atoms with Gasteiger partial charge < -0.3 is 29.0 Å². The summed E-state index contributed by atoms with van der Waals surface area (Å²) in [5, 5.41) is 2.85. The van der Waals surface area contributed by atoms with Gasteiger partial charge in [-0.3, -0.25) is 4.79 Å². The Kier molecular flexibility index (Phi) is 9.78. The number of esters is 1. The molecule has 2 aromatic carbocycles. The third kappa shape index (κ3) is 6.98. The molecule has 3 rings (SSSR count). The van der Waals surface area contributed by atoms with Gasteiger partial charge in [0.15, 0.2) is 12.4 Å².